The van der Waals surface area contributed by atoms with Crippen LogP contribution < -0.4 is 4.72 Å². The summed E-state index contributed by atoms with van der Waals surface area (Å²) in [5.74, 6) is -0.442. The molecule has 2 aromatic heterocycles. The molecule has 0 unspecified atom stereocenters. The Morgan fingerprint density at radius 2 is 1.87 bits per heavy atom. The van der Waals surface area contributed by atoms with Crippen LogP contribution in [-0.4, -0.2) is 37.3 Å². The second-order valence-electron chi connectivity index (χ2n) is 7.05. The molecule has 6 nitrogen and oxygen atoms in total. The number of aromatic nitrogens is 1. The average molecular weight is 466 g/mol. The molecular weight excluding hydrogens is 445 g/mol. The summed E-state index contributed by atoms with van der Waals surface area (Å²) in [5.41, 5.74) is 1.60. The number of hydrogen-bond donors (Lipinski definition) is 1. The van der Waals surface area contributed by atoms with Gasteiger partial charge in [0.1, 0.15) is 19.9 Å². The summed E-state index contributed by atoms with van der Waals surface area (Å²) in [6.45, 7) is 3.33. The molecule has 1 aromatic carbocycles. The highest BCUT2D eigenvalue weighted by molar-refractivity contribution is 7.94. The van der Waals surface area contributed by atoms with Crippen molar-refractivity contribution in [3.8, 4) is 10.6 Å². The van der Waals surface area contributed by atoms with E-state index in [1.54, 1.807) is 18.4 Å². The van der Waals surface area contributed by atoms with Gasteiger partial charge in [0.25, 0.3) is 15.9 Å². The van der Waals surface area contributed by atoms with Crippen molar-refractivity contribution in [2.45, 2.75) is 30.4 Å². The molecule has 0 radical (unpaired) electrons. The minimum atomic E-state index is -3.80. The first kappa shape index (κ1) is 21.0. The molecule has 30 heavy (non-hydrogen) atoms. The van der Waals surface area contributed by atoms with Gasteiger partial charge in [-0.1, -0.05) is 0 Å². The Kier molecular flexibility index (Phi) is 5.90. The van der Waals surface area contributed by atoms with Crippen LogP contribution in [0.2, 0.25) is 0 Å². The van der Waals surface area contributed by atoms with Crippen LogP contribution in [0.25, 0.3) is 10.6 Å². The molecule has 0 atom stereocenters. The molecule has 0 saturated carbocycles. The zero-order chi connectivity index (χ0) is 21.3. The van der Waals surface area contributed by atoms with Crippen LogP contribution in [0.1, 0.15) is 34.6 Å². The van der Waals surface area contributed by atoms with E-state index in [1.165, 1.54) is 35.6 Å². The smallest absolute Gasteiger partial charge is 0.271 e. The van der Waals surface area contributed by atoms with Crippen LogP contribution in [0, 0.1) is 12.7 Å². The maximum absolute atomic E-state index is 13.0. The molecule has 4 rings (SSSR count). The SMILES string of the molecule is Cc1nc(-c2csc(S(=O)(=O)Nc3ccc(F)cc3)c2)sc1C(=O)N1CCCCC1. The van der Waals surface area contributed by atoms with Crippen molar-refractivity contribution in [3.63, 3.8) is 0 Å². The summed E-state index contributed by atoms with van der Waals surface area (Å²) in [4.78, 5) is 19.8. The fourth-order valence-corrected chi connectivity index (χ4v) is 6.57. The Balaban J connectivity index is 1.55. The number of aryl methyl sites for hydroxylation is 1. The third-order valence-electron chi connectivity index (χ3n) is 4.82. The van der Waals surface area contributed by atoms with Crippen LogP contribution in [0.5, 0.6) is 0 Å². The molecule has 1 fully saturated rings. The molecule has 0 bridgehead atoms. The topological polar surface area (TPSA) is 79.4 Å². The van der Waals surface area contributed by atoms with Gasteiger partial charge < -0.3 is 4.90 Å². The number of anilines is 1. The second kappa shape index (κ2) is 8.44. The first-order valence-corrected chi connectivity index (χ1v) is 12.7. The number of nitrogens with one attached hydrogen (secondary N) is 1. The zero-order valence-corrected chi connectivity index (χ0v) is 18.7. The number of thiophene rings is 1. The number of halogens is 1. The van der Waals surface area contributed by atoms with Crippen molar-refractivity contribution in [2.24, 2.45) is 0 Å². The monoisotopic (exact) mass is 465 g/mol. The molecule has 1 N–H and O–H groups in total. The van der Waals surface area contributed by atoms with E-state index in [2.05, 4.69) is 9.71 Å². The Labute approximate surface area is 182 Å². The maximum Gasteiger partial charge on any atom is 0.271 e. The molecular formula is C20H20FN3O3S3. The normalized spacial score (nSPS) is 14.7. The molecule has 3 aromatic rings. The number of sulfonamides is 1. The number of thiazole rings is 1. The molecule has 3 heterocycles. The van der Waals surface area contributed by atoms with Crippen molar-refractivity contribution in [3.05, 3.63) is 52.1 Å². The van der Waals surface area contributed by atoms with E-state index < -0.39 is 15.8 Å². The van der Waals surface area contributed by atoms with Crippen LogP contribution in [0.4, 0.5) is 10.1 Å². The van der Waals surface area contributed by atoms with Gasteiger partial charge in [0.05, 0.1) is 5.69 Å². The number of hydrogen-bond acceptors (Lipinski definition) is 6. The van der Waals surface area contributed by atoms with Gasteiger partial charge in [-0.25, -0.2) is 17.8 Å². The Hall–Kier alpha value is -2.30. The minimum absolute atomic E-state index is 0.00278. The van der Waals surface area contributed by atoms with Crippen molar-refractivity contribution in [1.29, 1.82) is 0 Å². The lowest BCUT2D eigenvalue weighted by Gasteiger charge is -2.26. The Morgan fingerprint density at radius 3 is 2.57 bits per heavy atom. The van der Waals surface area contributed by atoms with Gasteiger partial charge in [-0.3, -0.25) is 9.52 Å². The van der Waals surface area contributed by atoms with Gasteiger partial charge in [0.2, 0.25) is 0 Å². The predicted molar refractivity (Wildman–Crippen MR) is 117 cm³/mol. The van der Waals surface area contributed by atoms with Gasteiger partial charge in [0, 0.05) is 29.7 Å². The number of piperidine rings is 1. The summed E-state index contributed by atoms with van der Waals surface area (Å²) in [6.07, 6.45) is 3.18. The van der Waals surface area contributed by atoms with E-state index in [-0.39, 0.29) is 15.8 Å². The lowest BCUT2D eigenvalue weighted by molar-refractivity contribution is 0.0728. The first-order valence-electron chi connectivity index (χ1n) is 9.47. The van der Waals surface area contributed by atoms with E-state index in [9.17, 15) is 17.6 Å². The number of nitrogens with zero attached hydrogens (tertiary/aromatic N) is 2. The molecule has 0 aliphatic carbocycles. The minimum Gasteiger partial charge on any atom is -0.338 e. The Bertz CT molecular complexity index is 1160. The standard InChI is InChI=1S/C20H20FN3O3S3/c1-13-18(20(25)24-9-3-2-4-10-24)29-19(22-13)14-11-17(28-12-14)30(26,27)23-16-7-5-15(21)6-8-16/h5-8,11-12,23H,2-4,9-10H2,1H3. The predicted octanol–water partition coefficient (Wildman–Crippen LogP) is 4.75. The molecule has 1 aliphatic heterocycles. The van der Waals surface area contributed by atoms with Gasteiger partial charge in [0.15, 0.2) is 0 Å². The van der Waals surface area contributed by atoms with Gasteiger partial charge >= 0.3 is 0 Å². The fraction of sp³-hybridized carbons (Fsp3) is 0.300. The second-order valence-corrected chi connectivity index (χ2v) is 10.9. The summed E-state index contributed by atoms with van der Waals surface area (Å²) in [6, 6.07) is 6.66. The van der Waals surface area contributed by atoms with Crippen molar-refractivity contribution >= 4 is 44.3 Å². The lowest BCUT2D eigenvalue weighted by atomic mass is 10.1. The zero-order valence-electron chi connectivity index (χ0n) is 16.2. The fourth-order valence-electron chi connectivity index (χ4n) is 3.25. The van der Waals surface area contributed by atoms with Crippen LogP contribution >= 0.6 is 22.7 Å². The molecule has 10 heteroatoms. The quantitative estimate of drug-likeness (QED) is 0.590. The summed E-state index contributed by atoms with van der Waals surface area (Å²) in [5, 5.41) is 2.33. The molecule has 1 aliphatic rings. The number of benzene rings is 1. The first-order chi connectivity index (χ1) is 14.3. The van der Waals surface area contributed by atoms with Crippen molar-refractivity contribution < 1.29 is 17.6 Å². The van der Waals surface area contributed by atoms with E-state index in [4.69, 9.17) is 0 Å². The van der Waals surface area contributed by atoms with Crippen LogP contribution in [0.15, 0.2) is 39.9 Å². The summed E-state index contributed by atoms with van der Waals surface area (Å²) >= 11 is 2.36. The molecule has 158 valence electrons. The van der Waals surface area contributed by atoms with Crippen molar-refractivity contribution in [2.75, 3.05) is 17.8 Å². The maximum atomic E-state index is 13.0. The number of carbonyl (C=O) groups excluding carboxylic acids is 1. The van der Waals surface area contributed by atoms with E-state index >= 15 is 0 Å². The molecule has 1 saturated heterocycles. The highest BCUT2D eigenvalue weighted by Gasteiger charge is 2.24. The average Bonchev–Trinajstić information content (AvgIpc) is 3.37. The third-order valence-corrected chi connectivity index (χ3v) is 8.83. The van der Waals surface area contributed by atoms with E-state index in [0.29, 0.717) is 21.1 Å². The molecule has 1 amide bonds. The highest BCUT2D eigenvalue weighted by atomic mass is 32.2. The van der Waals surface area contributed by atoms with Gasteiger partial charge in [-0.2, -0.15) is 0 Å². The number of amides is 1. The number of rotatable bonds is 5. The van der Waals surface area contributed by atoms with Crippen LogP contribution in [-0.2, 0) is 10.0 Å². The lowest BCUT2D eigenvalue weighted by Crippen LogP contribution is -2.35. The van der Waals surface area contributed by atoms with Gasteiger partial charge in [-0.15, -0.1) is 22.7 Å². The number of likely N-dealkylation sites (tertiary alicyclic amines) is 1. The van der Waals surface area contributed by atoms with Gasteiger partial charge in [-0.05, 0) is 56.5 Å². The number of carbonyl (C=O) groups is 1. The van der Waals surface area contributed by atoms with E-state index in [0.717, 1.165) is 43.7 Å². The van der Waals surface area contributed by atoms with Crippen LogP contribution in [0.3, 0.4) is 0 Å². The third kappa shape index (κ3) is 4.40. The largest absolute Gasteiger partial charge is 0.338 e. The molecule has 0 spiro atoms. The Morgan fingerprint density at radius 1 is 1.17 bits per heavy atom. The summed E-state index contributed by atoms with van der Waals surface area (Å²) in [7, 11) is -3.80. The van der Waals surface area contributed by atoms with Crippen molar-refractivity contribution in [1.82, 2.24) is 9.88 Å². The van der Waals surface area contributed by atoms with E-state index in [1.807, 2.05) is 4.90 Å². The summed E-state index contributed by atoms with van der Waals surface area (Å²) < 4.78 is 40.9. The highest BCUT2D eigenvalue weighted by Crippen LogP contribution is 2.34.